The first kappa shape index (κ1) is 11.2. The van der Waals surface area contributed by atoms with E-state index in [0.717, 1.165) is 31.9 Å². The number of hydrogen-bond acceptors (Lipinski definition) is 4. The zero-order valence-corrected chi connectivity index (χ0v) is 9.52. The number of ether oxygens (including phenoxy) is 1. The molecule has 16 heavy (non-hydrogen) atoms. The minimum atomic E-state index is 0.151. The van der Waals surface area contributed by atoms with Crippen molar-refractivity contribution >= 4 is 5.69 Å². The molecule has 1 saturated heterocycles. The van der Waals surface area contributed by atoms with Gasteiger partial charge in [0.1, 0.15) is 5.75 Å². The van der Waals surface area contributed by atoms with Crippen molar-refractivity contribution in [2.45, 2.75) is 13.0 Å². The second kappa shape index (κ2) is 4.72. The van der Waals surface area contributed by atoms with Crippen LogP contribution in [0, 0.1) is 0 Å². The fourth-order valence-electron chi connectivity index (χ4n) is 2.01. The first-order chi connectivity index (χ1) is 7.68. The van der Waals surface area contributed by atoms with E-state index in [9.17, 15) is 5.11 Å². The summed E-state index contributed by atoms with van der Waals surface area (Å²) in [6.45, 7) is 5.62. The molecule has 0 radical (unpaired) electrons. The molecule has 0 bridgehead atoms. The number of nitrogens with zero attached hydrogens (tertiary/aromatic N) is 1. The summed E-state index contributed by atoms with van der Waals surface area (Å²) < 4.78 is 5.32. The molecule has 1 aromatic carbocycles. The van der Waals surface area contributed by atoms with Gasteiger partial charge in [-0.25, -0.2) is 0 Å². The van der Waals surface area contributed by atoms with Gasteiger partial charge >= 0.3 is 0 Å². The summed E-state index contributed by atoms with van der Waals surface area (Å²) in [4.78, 5) is 2.36. The Morgan fingerprint density at radius 3 is 2.69 bits per heavy atom. The van der Waals surface area contributed by atoms with E-state index < -0.39 is 0 Å². The Kier molecular flexibility index (Phi) is 3.31. The number of morpholine rings is 1. The predicted molar refractivity (Wildman–Crippen MR) is 63.3 cm³/mol. The molecule has 1 aliphatic rings. The van der Waals surface area contributed by atoms with Crippen LogP contribution in [0.15, 0.2) is 18.2 Å². The van der Waals surface area contributed by atoms with Gasteiger partial charge in [-0.3, -0.25) is 4.90 Å². The quantitative estimate of drug-likeness (QED) is 0.586. The molecule has 0 amide bonds. The normalized spacial score (nSPS) is 19.6. The second-order valence-corrected chi connectivity index (χ2v) is 4.14. The number of benzene rings is 1. The van der Waals surface area contributed by atoms with Crippen molar-refractivity contribution in [3.05, 3.63) is 23.8 Å². The predicted octanol–water partition coefficient (Wildman–Crippen LogP) is 1.37. The minimum absolute atomic E-state index is 0.151. The lowest BCUT2D eigenvalue weighted by Gasteiger charge is -2.32. The number of anilines is 1. The fourth-order valence-corrected chi connectivity index (χ4v) is 2.01. The second-order valence-electron chi connectivity index (χ2n) is 4.14. The smallest absolute Gasteiger partial charge is 0.138 e. The van der Waals surface area contributed by atoms with Crippen LogP contribution in [-0.4, -0.2) is 36.3 Å². The van der Waals surface area contributed by atoms with Gasteiger partial charge in [-0.05, 0) is 24.6 Å². The Hall–Kier alpha value is -1.26. The Balaban J connectivity index is 2.12. The summed E-state index contributed by atoms with van der Waals surface area (Å²) in [5, 5.41) is 9.38. The highest BCUT2D eigenvalue weighted by atomic mass is 16.5. The summed E-state index contributed by atoms with van der Waals surface area (Å²) >= 11 is 0. The van der Waals surface area contributed by atoms with Gasteiger partial charge in [-0.15, -0.1) is 0 Å². The van der Waals surface area contributed by atoms with Crippen molar-refractivity contribution in [3.8, 4) is 5.75 Å². The van der Waals surface area contributed by atoms with Gasteiger partial charge in [0.05, 0.1) is 18.9 Å². The third kappa shape index (κ3) is 2.28. The first-order valence-electron chi connectivity index (χ1n) is 5.58. The average molecular weight is 222 g/mol. The van der Waals surface area contributed by atoms with Gasteiger partial charge in [0.2, 0.25) is 0 Å². The Morgan fingerprint density at radius 2 is 2.06 bits per heavy atom. The van der Waals surface area contributed by atoms with E-state index in [0.29, 0.717) is 11.7 Å². The Morgan fingerprint density at radius 1 is 1.38 bits per heavy atom. The van der Waals surface area contributed by atoms with Crippen molar-refractivity contribution < 1.29 is 9.84 Å². The molecular formula is C12H18N2O2. The largest absolute Gasteiger partial charge is 0.506 e. The third-order valence-corrected chi connectivity index (χ3v) is 3.13. The average Bonchev–Trinajstić information content (AvgIpc) is 2.33. The summed E-state index contributed by atoms with van der Waals surface area (Å²) in [7, 11) is 0. The van der Waals surface area contributed by atoms with Gasteiger partial charge in [0, 0.05) is 19.1 Å². The molecule has 3 N–H and O–H groups in total. The van der Waals surface area contributed by atoms with Crippen molar-refractivity contribution in [1.29, 1.82) is 0 Å². The van der Waals surface area contributed by atoms with Crippen LogP contribution in [0.25, 0.3) is 0 Å². The number of hydrogen-bond donors (Lipinski definition) is 2. The molecule has 0 spiro atoms. The van der Waals surface area contributed by atoms with Crippen LogP contribution in [0.4, 0.5) is 5.69 Å². The summed E-state index contributed by atoms with van der Waals surface area (Å²) in [5.74, 6) is 0.151. The van der Waals surface area contributed by atoms with E-state index in [2.05, 4.69) is 11.8 Å². The molecule has 1 aliphatic heterocycles. The number of nitrogen functional groups attached to an aromatic ring is 1. The van der Waals surface area contributed by atoms with Crippen LogP contribution in [-0.2, 0) is 4.74 Å². The molecule has 0 aliphatic carbocycles. The van der Waals surface area contributed by atoms with Crippen molar-refractivity contribution in [3.63, 3.8) is 0 Å². The molecule has 4 heteroatoms. The number of phenols is 1. The van der Waals surface area contributed by atoms with Crippen LogP contribution in [0.1, 0.15) is 18.5 Å². The zero-order chi connectivity index (χ0) is 11.5. The van der Waals surface area contributed by atoms with E-state index in [1.807, 2.05) is 12.1 Å². The van der Waals surface area contributed by atoms with Crippen LogP contribution in [0.2, 0.25) is 0 Å². The molecule has 0 saturated carbocycles. The van der Waals surface area contributed by atoms with E-state index in [4.69, 9.17) is 10.5 Å². The molecule has 1 aromatic rings. The fraction of sp³-hybridized carbons (Fsp3) is 0.500. The highest BCUT2D eigenvalue weighted by Crippen LogP contribution is 2.27. The number of nitrogens with two attached hydrogens (primary N) is 1. The number of aromatic hydroxyl groups is 1. The lowest BCUT2D eigenvalue weighted by Crippen LogP contribution is -2.38. The number of rotatable bonds is 2. The summed E-state index contributed by atoms with van der Waals surface area (Å²) in [6, 6.07) is 5.73. The highest BCUT2D eigenvalue weighted by Gasteiger charge is 2.18. The van der Waals surface area contributed by atoms with Crippen molar-refractivity contribution in [1.82, 2.24) is 4.90 Å². The maximum absolute atomic E-state index is 9.38. The van der Waals surface area contributed by atoms with Gasteiger partial charge in [-0.1, -0.05) is 6.07 Å². The highest BCUT2D eigenvalue weighted by molar-refractivity contribution is 5.53. The van der Waals surface area contributed by atoms with Crippen LogP contribution >= 0.6 is 0 Å². The SMILES string of the molecule is CC(c1ccc(O)c(N)c1)N1CCOCC1. The maximum Gasteiger partial charge on any atom is 0.138 e. The van der Waals surface area contributed by atoms with E-state index in [1.54, 1.807) is 6.07 Å². The molecule has 1 heterocycles. The van der Waals surface area contributed by atoms with Crippen molar-refractivity contribution in [2.75, 3.05) is 32.0 Å². The van der Waals surface area contributed by atoms with Gasteiger partial charge < -0.3 is 15.6 Å². The van der Waals surface area contributed by atoms with Crippen molar-refractivity contribution in [2.24, 2.45) is 0 Å². The van der Waals surface area contributed by atoms with E-state index >= 15 is 0 Å². The monoisotopic (exact) mass is 222 g/mol. The van der Waals surface area contributed by atoms with E-state index in [1.165, 1.54) is 0 Å². The van der Waals surface area contributed by atoms with Gasteiger partial charge in [0.15, 0.2) is 0 Å². The molecule has 1 atom stereocenters. The Labute approximate surface area is 95.6 Å². The van der Waals surface area contributed by atoms with E-state index in [-0.39, 0.29) is 5.75 Å². The third-order valence-electron chi connectivity index (χ3n) is 3.13. The molecule has 1 fully saturated rings. The molecule has 1 unspecified atom stereocenters. The zero-order valence-electron chi connectivity index (χ0n) is 9.52. The van der Waals surface area contributed by atoms with Gasteiger partial charge in [0.25, 0.3) is 0 Å². The molecule has 2 rings (SSSR count). The topological polar surface area (TPSA) is 58.7 Å². The van der Waals surface area contributed by atoms with Gasteiger partial charge in [-0.2, -0.15) is 0 Å². The van der Waals surface area contributed by atoms with Crippen LogP contribution in [0.3, 0.4) is 0 Å². The maximum atomic E-state index is 9.38. The summed E-state index contributed by atoms with van der Waals surface area (Å²) in [6.07, 6.45) is 0. The molecular weight excluding hydrogens is 204 g/mol. The molecule has 0 aromatic heterocycles. The minimum Gasteiger partial charge on any atom is -0.506 e. The summed E-state index contributed by atoms with van der Waals surface area (Å²) in [5.41, 5.74) is 7.27. The van der Waals surface area contributed by atoms with Crippen LogP contribution < -0.4 is 5.73 Å². The lowest BCUT2D eigenvalue weighted by atomic mass is 10.1. The van der Waals surface area contributed by atoms with Crippen LogP contribution in [0.5, 0.6) is 5.75 Å². The number of phenolic OH excluding ortho intramolecular Hbond substituents is 1. The molecule has 88 valence electrons. The molecule has 4 nitrogen and oxygen atoms in total. The first-order valence-corrected chi connectivity index (χ1v) is 5.58. The standard InChI is InChI=1S/C12H18N2O2/c1-9(14-4-6-16-7-5-14)10-2-3-12(15)11(13)8-10/h2-3,8-9,15H,4-7,13H2,1H3. The Bertz CT molecular complexity index is 362. The lowest BCUT2D eigenvalue weighted by molar-refractivity contribution is 0.0198.